The zero-order chi connectivity index (χ0) is 10.4. The van der Waals surface area contributed by atoms with Crippen LogP contribution >= 0.6 is 11.6 Å². The van der Waals surface area contributed by atoms with E-state index >= 15 is 0 Å². The molecule has 2 aromatic rings. The van der Waals surface area contributed by atoms with Crippen LogP contribution in [0, 0.1) is 0 Å². The third kappa shape index (κ3) is 1.13. The maximum absolute atomic E-state index is 11.3. The molecule has 0 aromatic heterocycles. The summed E-state index contributed by atoms with van der Waals surface area (Å²) in [7, 11) is 0. The number of benzene rings is 2. The number of hydrogen-bond acceptors (Lipinski definition) is 1. The Morgan fingerprint density at radius 3 is 2.53 bits per heavy atom. The highest BCUT2D eigenvalue weighted by atomic mass is 35.5. The molecule has 2 aromatic carbocycles. The first-order chi connectivity index (χ1) is 7.27. The highest BCUT2D eigenvalue weighted by Crippen LogP contribution is 2.37. The second-order valence-corrected chi connectivity index (χ2v) is 3.93. The van der Waals surface area contributed by atoms with Crippen LogP contribution in [0.25, 0.3) is 22.4 Å². The standard InChI is InChI=1S/C13H7ClO/c14-13(15)11-7-9-5-1-3-8-4-2-6-10(11)12(8)9/h1-7H. The summed E-state index contributed by atoms with van der Waals surface area (Å²) in [4.78, 5) is 11.3. The Morgan fingerprint density at radius 1 is 1.07 bits per heavy atom. The molecule has 1 nitrogen and oxygen atoms in total. The topological polar surface area (TPSA) is 17.1 Å². The summed E-state index contributed by atoms with van der Waals surface area (Å²) < 4.78 is 0. The largest absolute Gasteiger partial charge is 0.276 e. The summed E-state index contributed by atoms with van der Waals surface area (Å²) in [5.41, 5.74) is 2.62. The second-order valence-electron chi connectivity index (χ2n) is 3.58. The van der Waals surface area contributed by atoms with Crippen molar-refractivity contribution in [2.45, 2.75) is 0 Å². The van der Waals surface area contributed by atoms with Crippen LogP contribution in [-0.2, 0) is 4.79 Å². The van der Waals surface area contributed by atoms with Gasteiger partial charge in [-0.2, -0.15) is 0 Å². The Labute approximate surface area is 92.0 Å². The average molecular weight is 215 g/mol. The molecule has 0 saturated heterocycles. The third-order valence-electron chi connectivity index (χ3n) is 2.74. The molecule has 3 rings (SSSR count). The summed E-state index contributed by atoms with van der Waals surface area (Å²) in [6.45, 7) is 0. The van der Waals surface area contributed by atoms with Crippen molar-refractivity contribution in [2.24, 2.45) is 0 Å². The molecule has 0 bridgehead atoms. The fraction of sp³-hybridized carbons (Fsp3) is 0. The van der Waals surface area contributed by atoms with E-state index in [-0.39, 0.29) is 0 Å². The normalized spacial score (nSPS) is 13.0. The maximum Gasteiger partial charge on any atom is 0.253 e. The molecule has 0 spiro atoms. The van der Waals surface area contributed by atoms with Crippen molar-refractivity contribution >= 4 is 39.3 Å². The molecule has 0 heterocycles. The quantitative estimate of drug-likeness (QED) is 0.665. The lowest BCUT2D eigenvalue weighted by molar-refractivity contribution is -0.106. The first kappa shape index (κ1) is 8.69. The van der Waals surface area contributed by atoms with Crippen molar-refractivity contribution in [1.82, 2.24) is 0 Å². The van der Waals surface area contributed by atoms with Crippen LogP contribution in [0.5, 0.6) is 0 Å². The van der Waals surface area contributed by atoms with Crippen LogP contribution in [0.2, 0.25) is 0 Å². The van der Waals surface area contributed by atoms with Crippen molar-refractivity contribution in [2.75, 3.05) is 0 Å². The summed E-state index contributed by atoms with van der Waals surface area (Å²) in [5, 5.41) is 1.89. The summed E-state index contributed by atoms with van der Waals surface area (Å²) in [5.74, 6) is 0. The summed E-state index contributed by atoms with van der Waals surface area (Å²) in [6, 6.07) is 11.9. The van der Waals surface area contributed by atoms with E-state index in [0.29, 0.717) is 5.57 Å². The lowest BCUT2D eigenvalue weighted by Gasteiger charge is -2.01. The Kier molecular flexibility index (Phi) is 1.70. The van der Waals surface area contributed by atoms with Gasteiger partial charge in [0.2, 0.25) is 0 Å². The van der Waals surface area contributed by atoms with E-state index in [1.807, 2.05) is 42.5 Å². The monoisotopic (exact) mass is 214 g/mol. The summed E-state index contributed by atoms with van der Waals surface area (Å²) in [6.07, 6.45) is 1.85. The molecule has 1 aliphatic rings. The molecule has 0 atom stereocenters. The van der Waals surface area contributed by atoms with Gasteiger partial charge in [-0.1, -0.05) is 36.4 Å². The highest BCUT2D eigenvalue weighted by molar-refractivity contribution is 6.75. The van der Waals surface area contributed by atoms with E-state index in [9.17, 15) is 4.79 Å². The van der Waals surface area contributed by atoms with Gasteiger partial charge in [-0.25, -0.2) is 0 Å². The third-order valence-corrected chi connectivity index (χ3v) is 2.94. The molecule has 0 N–H and O–H groups in total. The van der Waals surface area contributed by atoms with Crippen LogP contribution < -0.4 is 0 Å². The SMILES string of the molecule is O=C(Cl)C1=Cc2cccc3cccc1c23. The highest BCUT2D eigenvalue weighted by Gasteiger charge is 2.19. The molecule has 0 saturated carbocycles. The van der Waals surface area contributed by atoms with Gasteiger partial charge < -0.3 is 0 Å². The Bertz CT molecular complexity index is 606. The molecule has 72 valence electrons. The number of hydrogen-bond donors (Lipinski definition) is 0. The van der Waals surface area contributed by atoms with Crippen molar-refractivity contribution in [3.63, 3.8) is 0 Å². The smallest absolute Gasteiger partial charge is 0.253 e. The van der Waals surface area contributed by atoms with Gasteiger partial charge in [0, 0.05) is 5.57 Å². The summed E-state index contributed by atoms with van der Waals surface area (Å²) >= 11 is 5.55. The fourth-order valence-corrected chi connectivity index (χ4v) is 2.27. The minimum atomic E-state index is -0.390. The van der Waals surface area contributed by atoms with Crippen LogP contribution in [0.15, 0.2) is 36.4 Å². The van der Waals surface area contributed by atoms with E-state index < -0.39 is 5.24 Å². The number of carbonyl (C=O) groups is 1. The Morgan fingerprint density at radius 2 is 1.80 bits per heavy atom. The lowest BCUT2D eigenvalue weighted by atomic mass is 10.0. The predicted octanol–water partition coefficient (Wildman–Crippen LogP) is 3.46. The molecule has 15 heavy (non-hydrogen) atoms. The van der Waals surface area contributed by atoms with Gasteiger partial charge in [0.1, 0.15) is 0 Å². The Balaban J connectivity index is 2.45. The number of rotatable bonds is 1. The second kappa shape index (κ2) is 2.94. The first-order valence-electron chi connectivity index (χ1n) is 4.71. The molecule has 2 heteroatoms. The fourth-order valence-electron chi connectivity index (χ4n) is 2.11. The zero-order valence-corrected chi connectivity index (χ0v) is 8.58. The molecular weight excluding hydrogens is 208 g/mol. The molecule has 0 unspecified atom stereocenters. The lowest BCUT2D eigenvalue weighted by Crippen LogP contribution is -1.89. The van der Waals surface area contributed by atoms with E-state index in [1.54, 1.807) is 0 Å². The van der Waals surface area contributed by atoms with Crippen molar-refractivity contribution in [1.29, 1.82) is 0 Å². The van der Waals surface area contributed by atoms with Crippen molar-refractivity contribution < 1.29 is 4.79 Å². The molecule has 1 aliphatic carbocycles. The van der Waals surface area contributed by atoms with E-state index in [4.69, 9.17) is 11.6 Å². The molecule has 0 aliphatic heterocycles. The minimum Gasteiger partial charge on any atom is -0.276 e. The minimum absolute atomic E-state index is 0.390. The van der Waals surface area contributed by atoms with Crippen LogP contribution in [0.1, 0.15) is 11.1 Å². The van der Waals surface area contributed by atoms with Crippen LogP contribution in [0.4, 0.5) is 0 Å². The first-order valence-corrected chi connectivity index (χ1v) is 5.09. The Hall–Kier alpha value is -1.60. The van der Waals surface area contributed by atoms with Gasteiger partial charge in [-0.05, 0) is 39.6 Å². The molecular formula is C13H7ClO. The van der Waals surface area contributed by atoms with E-state index in [0.717, 1.165) is 21.9 Å². The van der Waals surface area contributed by atoms with Crippen molar-refractivity contribution in [3.05, 3.63) is 47.5 Å². The van der Waals surface area contributed by atoms with Crippen molar-refractivity contribution in [3.8, 4) is 0 Å². The van der Waals surface area contributed by atoms with Gasteiger partial charge in [-0.15, -0.1) is 0 Å². The predicted molar refractivity (Wildman–Crippen MR) is 62.7 cm³/mol. The van der Waals surface area contributed by atoms with Gasteiger partial charge >= 0.3 is 0 Å². The molecule has 0 fully saturated rings. The van der Waals surface area contributed by atoms with Gasteiger partial charge in [-0.3, -0.25) is 4.79 Å². The number of halogens is 1. The maximum atomic E-state index is 11.3. The molecule has 0 radical (unpaired) electrons. The number of carbonyl (C=O) groups excluding carboxylic acids is 1. The van der Waals surface area contributed by atoms with Gasteiger partial charge in [0.05, 0.1) is 0 Å². The van der Waals surface area contributed by atoms with E-state index in [2.05, 4.69) is 0 Å². The average Bonchev–Trinajstić information content (AvgIpc) is 2.61. The van der Waals surface area contributed by atoms with Crippen LogP contribution in [0.3, 0.4) is 0 Å². The zero-order valence-electron chi connectivity index (χ0n) is 7.83. The van der Waals surface area contributed by atoms with Gasteiger partial charge in [0.25, 0.3) is 5.24 Å². The molecule has 0 amide bonds. The van der Waals surface area contributed by atoms with Gasteiger partial charge in [0.15, 0.2) is 0 Å². The number of allylic oxidation sites excluding steroid dienone is 1. The van der Waals surface area contributed by atoms with Crippen LogP contribution in [-0.4, -0.2) is 5.24 Å². The van der Waals surface area contributed by atoms with E-state index in [1.165, 1.54) is 0 Å².